The molecule has 0 radical (unpaired) electrons. The number of hydrogen-bond donors (Lipinski definition) is 2. The summed E-state index contributed by atoms with van der Waals surface area (Å²) in [5, 5.41) is 4.46. The highest BCUT2D eigenvalue weighted by Crippen LogP contribution is 2.29. The summed E-state index contributed by atoms with van der Waals surface area (Å²) in [6.07, 6.45) is 5.20. The molecule has 110 valence electrons. The van der Waals surface area contributed by atoms with Crippen molar-refractivity contribution in [2.75, 3.05) is 19.0 Å². The van der Waals surface area contributed by atoms with Crippen LogP contribution < -0.4 is 10.1 Å². The minimum absolute atomic E-state index is 0.833. The molecule has 0 aliphatic carbocycles. The van der Waals surface area contributed by atoms with Gasteiger partial charge in [-0.15, -0.1) is 0 Å². The van der Waals surface area contributed by atoms with Crippen LogP contribution in [0.5, 0.6) is 5.75 Å². The number of anilines is 1. The van der Waals surface area contributed by atoms with E-state index in [9.17, 15) is 0 Å². The fraction of sp³-hybridized carbons (Fsp3) is 0.375. The van der Waals surface area contributed by atoms with Gasteiger partial charge in [0.15, 0.2) is 5.82 Å². The number of aromatic amines is 1. The Labute approximate surface area is 123 Å². The van der Waals surface area contributed by atoms with Gasteiger partial charge in [0.25, 0.3) is 0 Å². The van der Waals surface area contributed by atoms with Crippen LogP contribution in [0.25, 0.3) is 21.9 Å². The summed E-state index contributed by atoms with van der Waals surface area (Å²) in [5.41, 5.74) is 2.93. The Bertz CT molecular complexity index is 750. The molecule has 0 fully saturated rings. The normalized spacial score (nSPS) is 11.1. The second-order valence-electron chi connectivity index (χ2n) is 5.12. The molecular weight excluding hydrogens is 264 g/mol. The van der Waals surface area contributed by atoms with Crippen molar-refractivity contribution in [3.63, 3.8) is 0 Å². The summed E-state index contributed by atoms with van der Waals surface area (Å²) in [6, 6.07) is 5.96. The molecule has 0 saturated heterocycles. The first-order valence-electron chi connectivity index (χ1n) is 7.37. The molecule has 5 nitrogen and oxygen atoms in total. The van der Waals surface area contributed by atoms with Gasteiger partial charge in [-0.2, -0.15) is 0 Å². The van der Waals surface area contributed by atoms with E-state index in [1.807, 2.05) is 18.2 Å². The SMILES string of the molecule is CCCCCNc1ncnc2c1[nH]c1ccc(OC)cc12. The van der Waals surface area contributed by atoms with Crippen LogP contribution in [0.15, 0.2) is 24.5 Å². The number of ether oxygens (including phenoxy) is 1. The predicted molar refractivity (Wildman–Crippen MR) is 86.0 cm³/mol. The first kappa shape index (κ1) is 13.7. The molecule has 2 heterocycles. The number of fused-ring (bicyclic) bond motifs is 3. The van der Waals surface area contributed by atoms with Gasteiger partial charge in [0.1, 0.15) is 23.1 Å². The van der Waals surface area contributed by atoms with Crippen molar-refractivity contribution in [3.8, 4) is 5.75 Å². The van der Waals surface area contributed by atoms with Gasteiger partial charge in [0.2, 0.25) is 0 Å². The maximum Gasteiger partial charge on any atom is 0.153 e. The highest BCUT2D eigenvalue weighted by molar-refractivity contribution is 6.08. The Morgan fingerprint density at radius 3 is 2.95 bits per heavy atom. The number of unbranched alkanes of at least 4 members (excludes halogenated alkanes) is 2. The molecule has 0 amide bonds. The molecule has 0 saturated carbocycles. The lowest BCUT2D eigenvalue weighted by molar-refractivity contribution is 0.415. The highest BCUT2D eigenvalue weighted by atomic mass is 16.5. The van der Waals surface area contributed by atoms with E-state index in [1.54, 1.807) is 13.4 Å². The number of aromatic nitrogens is 3. The van der Waals surface area contributed by atoms with Gasteiger partial charge in [-0.3, -0.25) is 0 Å². The largest absolute Gasteiger partial charge is 0.497 e. The third-order valence-electron chi connectivity index (χ3n) is 3.66. The van der Waals surface area contributed by atoms with Crippen molar-refractivity contribution in [2.24, 2.45) is 0 Å². The fourth-order valence-electron chi connectivity index (χ4n) is 2.51. The standard InChI is InChI=1S/C16H20N4O/c1-3-4-5-8-17-16-15-14(18-10-19-16)12-9-11(21-2)6-7-13(12)20-15/h6-7,9-10,20H,3-5,8H2,1-2H3,(H,17,18,19). The van der Waals surface area contributed by atoms with Crippen LogP contribution in [-0.4, -0.2) is 28.6 Å². The number of benzene rings is 1. The molecule has 21 heavy (non-hydrogen) atoms. The van der Waals surface area contributed by atoms with E-state index in [4.69, 9.17) is 4.74 Å². The molecular formula is C16H20N4O. The monoisotopic (exact) mass is 284 g/mol. The summed E-state index contributed by atoms with van der Waals surface area (Å²) in [7, 11) is 1.67. The van der Waals surface area contributed by atoms with E-state index in [2.05, 4.69) is 27.2 Å². The van der Waals surface area contributed by atoms with Crippen LogP contribution in [0.3, 0.4) is 0 Å². The van der Waals surface area contributed by atoms with Crippen molar-refractivity contribution < 1.29 is 4.74 Å². The predicted octanol–water partition coefficient (Wildman–Crippen LogP) is 3.72. The van der Waals surface area contributed by atoms with Gasteiger partial charge in [0.05, 0.1) is 7.11 Å². The van der Waals surface area contributed by atoms with Gasteiger partial charge in [-0.25, -0.2) is 9.97 Å². The highest BCUT2D eigenvalue weighted by Gasteiger charge is 2.10. The molecule has 0 bridgehead atoms. The molecule has 3 aromatic rings. The van der Waals surface area contributed by atoms with E-state index in [-0.39, 0.29) is 0 Å². The van der Waals surface area contributed by atoms with Gasteiger partial charge in [-0.1, -0.05) is 19.8 Å². The average molecular weight is 284 g/mol. The van der Waals surface area contributed by atoms with Gasteiger partial charge in [0, 0.05) is 17.4 Å². The van der Waals surface area contributed by atoms with Crippen molar-refractivity contribution in [3.05, 3.63) is 24.5 Å². The average Bonchev–Trinajstić information content (AvgIpc) is 2.90. The number of H-pyrrole nitrogens is 1. The van der Waals surface area contributed by atoms with Gasteiger partial charge < -0.3 is 15.0 Å². The lowest BCUT2D eigenvalue weighted by atomic mass is 10.2. The molecule has 2 N–H and O–H groups in total. The number of hydrogen-bond acceptors (Lipinski definition) is 4. The third-order valence-corrected chi connectivity index (χ3v) is 3.66. The zero-order valence-electron chi connectivity index (χ0n) is 12.4. The maximum atomic E-state index is 5.29. The van der Waals surface area contributed by atoms with E-state index >= 15 is 0 Å². The van der Waals surface area contributed by atoms with Gasteiger partial charge >= 0.3 is 0 Å². The van der Waals surface area contributed by atoms with Crippen molar-refractivity contribution in [1.29, 1.82) is 0 Å². The van der Waals surface area contributed by atoms with Crippen LogP contribution in [0, 0.1) is 0 Å². The van der Waals surface area contributed by atoms with Crippen LogP contribution in [0.1, 0.15) is 26.2 Å². The maximum absolute atomic E-state index is 5.29. The molecule has 1 aromatic carbocycles. The van der Waals surface area contributed by atoms with E-state index < -0.39 is 0 Å². The van der Waals surface area contributed by atoms with Crippen molar-refractivity contribution >= 4 is 27.8 Å². The van der Waals surface area contributed by atoms with Gasteiger partial charge in [-0.05, 0) is 24.6 Å². The molecule has 3 rings (SSSR count). The lowest BCUT2D eigenvalue weighted by Crippen LogP contribution is -2.04. The Balaban J connectivity index is 1.99. The zero-order valence-corrected chi connectivity index (χ0v) is 12.4. The van der Waals surface area contributed by atoms with Crippen LogP contribution in [0.2, 0.25) is 0 Å². The fourth-order valence-corrected chi connectivity index (χ4v) is 2.51. The topological polar surface area (TPSA) is 62.8 Å². The minimum Gasteiger partial charge on any atom is -0.497 e. The molecule has 0 spiro atoms. The number of methoxy groups -OCH3 is 1. The smallest absolute Gasteiger partial charge is 0.153 e. The molecule has 5 heteroatoms. The summed E-state index contributed by atoms with van der Waals surface area (Å²) in [5.74, 6) is 1.70. The Kier molecular flexibility index (Phi) is 3.90. The van der Waals surface area contributed by atoms with Crippen LogP contribution in [-0.2, 0) is 0 Å². The van der Waals surface area contributed by atoms with E-state index in [1.165, 1.54) is 12.8 Å². The summed E-state index contributed by atoms with van der Waals surface area (Å²) in [6.45, 7) is 3.13. The number of rotatable bonds is 6. The quantitative estimate of drug-likeness (QED) is 0.677. The molecule has 2 aromatic heterocycles. The minimum atomic E-state index is 0.833. The molecule has 0 aliphatic rings. The first-order valence-corrected chi connectivity index (χ1v) is 7.37. The summed E-state index contributed by atoms with van der Waals surface area (Å²) >= 11 is 0. The van der Waals surface area contributed by atoms with E-state index in [0.717, 1.165) is 46.5 Å². The molecule has 0 aliphatic heterocycles. The number of nitrogens with one attached hydrogen (secondary N) is 2. The number of nitrogens with zero attached hydrogens (tertiary/aromatic N) is 2. The van der Waals surface area contributed by atoms with Crippen molar-refractivity contribution in [2.45, 2.75) is 26.2 Å². The lowest BCUT2D eigenvalue weighted by Gasteiger charge is -2.05. The first-order chi connectivity index (χ1) is 10.3. The van der Waals surface area contributed by atoms with Crippen LogP contribution >= 0.6 is 0 Å². The van der Waals surface area contributed by atoms with Crippen LogP contribution in [0.4, 0.5) is 5.82 Å². The Morgan fingerprint density at radius 2 is 2.14 bits per heavy atom. The Morgan fingerprint density at radius 1 is 1.24 bits per heavy atom. The molecule has 0 unspecified atom stereocenters. The Hall–Kier alpha value is -2.30. The summed E-state index contributed by atoms with van der Waals surface area (Å²) in [4.78, 5) is 12.2. The second-order valence-corrected chi connectivity index (χ2v) is 5.12. The summed E-state index contributed by atoms with van der Waals surface area (Å²) < 4.78 is 5.29. The molecule has 0 atom stereocenters. The third kappa shape index (κ3) is 2.63. The van der Waals surface area contributed by atoms with E-state index in [0.29, 0.717) is 0 Å². The zero-order chi connectivity index (χ0) is 14.7. The van der Waals surface area contributed by atoms with Crippen molar-refractivity contribution in [1.82, 2.24) is 15.0 Å². The second kappa shape index (κ2) is 5.99.